The Morgan fingerprint density at radius 3 is 2.09 bits per heavy atom. The number of nitrogens with zero attached hydrogens (tertiary/aromatic N) is 2. The lowest BCUT2D eigenvalue weighted by Crippen LogP contribution is -2.31. The third-order valence-electron chi connectivity index (χ3n) is 3.12. The van der Waals surface area contributed by atoms with E-state index < -0.39 is 15.6 Å². The van der Waals surface area contributed by atoms with Crippen LogP contribution in [0.3, 0.4) is 0 Å². The molecule has 0 aliphatic carbocycles. The average molecular weight is 344 g/mol. The van der Waals surface area contributed by atoms with Crippen LogP contribution in [0.4, 0.5) is 13.2 Å². The quantitative estimate of drug-likeness (QED) is 0.344. The van der Waals surface area contributed by atoms with Crippen LogP contribution in [0.5, 0.6) is 0 Å². The molecule has 0 aliphatic heterocycles. The third kappa shape index (κ3) is 7.79. The van der Waals surface area contributed by atoms with Crippen LogP contribution in [0.25, 0.3) is 0 Å². The largest absolute Gasteiger partial charge is 0.741 e. The van der Waals surface area contributed by atoms with Gasteiger partial charge in [-0.2, -0.15) is 13.2 Å². The predicted molar refractivity (Wildman–Crippen MR) is 74.8 cm³/mol. The third-order valence-corrected chi connectivity index (χ3v) is 3.68. The maximum Gasteiger partial charge on any atom is 0.485 e. The Hall–Kier alpha value is -1.09. The summed E-state index contributed by atoms with van der Waals surface area (Å²) >= 11 is 0. The monoisotopic (exact) mass is 344 g/mol. The summed E-state index contributed by atoms with van der Waals surface area (Å²) in [5.41, 5.74) is -5.65. The molecular formula is C13H23F3N2O3S. The second kappa shape index (κ2) is 9.14. The van der Waals surface area contributed by atoms with Crippen LogP contribution in [0, 0.1) is 0 Å². The number of unbranched alkanes of at least 4 members (excludes halogenated alkanes) is 4. The minimum Gasteiger partial charge on any atom is -0.741 e. The number of alkyl halides is 3. The first-order valence-corrected chi connectivity index (χ1v) is 8.43. The van der Waals surface area contributed by atoms with Crippen molar-refractivity contribution in [2.75, 3.05) is 0 Å². The fraction of sp³-hybridized carbons (Fsp3) is 0.769. The summed E-state index contributed by atoms with van der Waals surface area (Å²) < 4.78 is 63.3. The lowest BCUT2D eigenvalue weighted by Gasteiger charge is -2.08. The Bertz CT molecular complexity index is 520. The van der Waals surface area contributed by atoms with Gasteiger partial charge in [0.05, 0.1) is 14.1 Å². The van der Waals surface area contributed by atoms with E-state index in [0.717, 1.165) is 0 Å². The molecule has 0 bridgehead atoms. The van der Waals surface area contributed by atoms with Crippen LogP contribution in [0.2, 0.25) is 0 Å². The van der Waals surface area contributed by atoms with Gasteiger partial charge in [-0.1, -0.05) is 32.6 Å². The molecule has 5 nitrogen and oxygen atoms in total. The van der Waals surface area contributed by atoms with Gasteiger partial charge in [0.25, 0.3) is 5.82 Å². The molecule has 0 saturated carbocycles. The summed E-state index contributed by atoms with van der Waals surface area (Å²) in [6, 6.07) is 0. The van der Waals surface area contributed by atoms with E-state index in [1.807, 2.05) is 0 Å². The van der Waals surface area contributed by atoms with Gasteiger partial charge in [0.1, 0.15) is 12.4 Å². The minimum atomic E-state index is -6.09. The number of imidazole rings is 1. The molecule has 9 heteroatoms. The number of halogens is 3. The first-order chi connectivity index (χ1) is 10.0. The molecule has 0 amide bonds. The molecule has 0 N–H and O–H groups in total. The molecule has 0 radical (unpaired) electrons. The van der Waals surface area contributed by atoms with E-state index in [9.17, 15) is 13.2 Å². The van der Waals surface area contributed by atoms with Crippen LogP contribution < -0.4 is 4.57 Å². The van der Waals surface area contributed by atoms with Crippen molar-refractivity contribution in [3.8, 4) is 0 Å². The van der Waals surface area contributed by atoms with Crippen LogP contribution in [0.1, 0.15) is 44.9 Å². The van der Waals surface area contributed by atoms with Gasteiger partial charge in [0, 0.05) is 6.42 Å². The van der Waals surface area contributed by atoms with Crippen LogP contribution in [0.15, 0.2) is 12.4 Å². The Morgan fingerprint density at radius 2 is 1.73 bits per heavy atom. The van der Waals surface area contributed by atoms with E-state index in [0.29, 0.717) is 0 Å². The van der Waals surface area contributed by atoms with E-state index in [-0.39, 0.29) is 0 Å². The summed E-state index contributed by atoms with van der Waals surface area (Å²) in [6.07, 6.45) is 12.3. The maximum atomic E-state index is 10.7. The van der Waals surface area contributed by atoms with Crippen molar-refractivity contribution in [1.29, 1.82) is 0 Å². The number of hydrogen-bond donors (Lipinski definition) is 0. The topological polar surface area (TPSA) is 66.0 Å². The maximum absolute atomic E-state index is 10.7. The Kier molecular flexibility index (Phi) is 8.69. The number of aryl methyl sites for hydroxylation is 2. The first kappa shape index (κ1) is 20.9. The van der Waals surface area contributed by atoms with Gasteiger partial charge in [-0.05, 0) is 6.42 Å². The first-order valence-electron chi connectivity index (χ1n) is 7.02. The zero-order valence-electron chi connectivity index (χ0n) is 13.1. The van der Waals surface area contributed by atoms with Crippen molar-refractivity contribution in [3.63, 3.8) is 0 Å². The van der Waals surface area contributed by atoms with Crippen molar-refractivity contribution in [2.45, 2.75) is 51.0 Å². The van der Waals surface area contributed by atoms with Gasteiger partial charge < -0.3 is 4.55 Å². The Morgan fingerprint density at radius 1 is 1.23 bits per heavy atom. The van der Waals surface area contributed by atoms with Crippen molar-refractivity contribution in [1.82, 2.24) is 4.57 Å². The van der Waals surface area contributed by atoms with E-state index in [1.165, 1.54) is 44.3 Å². The molecule has 1 aromatic heterocycles. The Labute approximate surface area is 129 Å². The molecule has 0 aromatic carbocycles. The van der Waals surface area contributed by atoms with Gasteiger partial charge in [0.15, 0.2) is 10.1 Å². The van der Waals surface area contributed by atoms with Crippen LogP contribution in [-0.2, 0) is 30.6 Å². The zero-order valence-corrected chi connectivity index (χ0v) is 13.9. The fourth-order valence-electron chi connectivity index (χ4n) is 1.86. The van der Waals surface area contributed by atoms with Crippen molar-refractivity contribution < 1.29 is 30.7 Å². The molecule has 1 rings (SSSR count). The zero-order chi connectivity index (χ0) is 17.4. The van der Waals surface area contributed by atoms with Gasteiger partial charge in [0.2, 0.25) is 0 Å². The summed E-state index contributed by atoms with van der Waals surface area (Å²) in [7, 11) is -1.84. The standard InChI is InChI=1S/C12H23N2.CHF3O3S/c1-4-5-6-7-8-9-12-13(2)10-11-14(12)3;2-1(3,4)8(5,6)7/h10-11H,4-9H2,1-3H3;(H,5,6,7)/q+1;/p-1. The van der Waals surface area contributed by atoms with Gasteiger partial charge in [-0.3, -0.25) is 0 Å². The summed E-state index contributed by atoms with van der Waals surface area (Å²) in [6.45, 7) is 2.26. The number of rotatable bonds is 6. The summed E-state index contributed by atoms with van der Waals surface area (Å²) in [5, 5.41) is 0. The highest BCUT2D eigenvalue weighted by Gasteiger charge is 2.36. The second-order valence-electron chi connectivity index (χ2n) is 5.00. The fourth-order valence-corrected chi connectivity index (χ4v) is 1.86. The van der Waals surface area contributed by atoms with Gasteiger partial charge >= 0.3 is 5.51 Å². The van der Waals surface area contributed by atoms with Crippen molar-refractivity contribution >= 4 is 10.1 Å². The molecule has 22 heavy (non-hydrogen) atoms. The highest BCUT2D eigenvalue weighted by molar-refractivity contribution is 7.86. The molecule has 0 unspecified atom stereocenters. The molecule has 0 spiro atoms. The highest BCUT2D eigenvalue weighted by Crippen LogP contribution is 2.20. The SMILES string of the molecule is CCCCCCCc1n(C)cc[n+]1C.O=S(=O)([O-])C(F)(F)F. The molecule has 0 atom stereocenters. The molecule has 0 aliphatic rings. The predicted octanol–water partition coefficient (Wildman–Crippen LogP) is 2.41. The van der Waals surface area contributed by atoms with Crippen LogP contribution in [-0.4, -0.2) is 23.0 Å². The van der Waals surface area contributed by atoms with E-state index in [2.05, 4.69) is 42.5 Å². The molecule has 130 valence electrons. The van der Waals surface area contributed by atoms with Crippen LogP contribution >= 0.6 is 0 Å². The molecular weight excluding hydrogens is 321 g/mol. The molecule has 0 fully saturated rings. The molecule has 1 heterocycles. The second-order valence-corrected chi connectivity index (χ2v) is 6.37. The lowest BCUT2D eigenvalue weighted by molar-refractivity contribution is -0.678. The van der Waals surface area contributed by atoms with E-state index in [4.69, 9.17) is 13.0 Å². The number of aromatic nitrogens is 2. The van der Waals surface area contributed by atoms with E-state index >= 15 is 0 Å². The minimum absolute atomic E-state index is 1.21. The summed E-state index contributed by atoms with van der Waals surface area (Å²) in [5.74, 6) is 1.43. The highest BCUT2D eigenvalue weighted by atomic mass is 32.2. The van der Waals surface area contributed by atoms with Crippen molar-refractivity contribution in [2.24, 2.45) is 14.1 Å². The van der Waals surface area contributed by atoms with Gasteiger partial charge in [-0.15, -0.1) is 0 Å². The number of hydrogen-bond acceptors (Lipinski definition) is 3. The molecule has 0 saturated heterocycles. The molecule has 1 aromatic rings. The normalized spacial score (nSPS) is 12.0. The van der Waals surface area contributed by atoms with Crippen molar-refractivity contribution in [3.05, 3.63) is 18.2 Å². The van der Waals surface area contributed by atoms with Gasteiger partial charge in [-0.25, -0.2) is 17.6 Å². The Balaban J connectivity index is 0.000000472. The lowest BCUT2D eigenvalue weighted by atomic mass is 10.1. The average Bonchev–Trinajstić information content (AvgIpc) is 2.68. The summed E-state index contributed by atoms with van der Waals surface area (Å²) in [4.78, 5) is 0. The smallest absolute Gasteiger partial charge is 0.485 e. The van der Waals surface area contributed by atoms with E-state index in [1.54, 1.807) is 0 Å².